The molecule has 0 aliphatic carbocycles. The summed E-state index contributed by atoms with van der Waals surface area (Å²) in [5.41, 5.74) is 6.37. The zero-order valence-corrected chi connectivity index (χ0v) is 12.6. The Labute approximate surface area is 119 Å². The number of hydrogen-bond acceptors (Lipinski definition) is 3. The molecule has 0 amide bonds. The number of aliphatic hydroxyl groups excluding tert-OH is 1. The summed E-state index contributed by atoms with van der Waals surface area (Å²) in [7, 11) is -3.61. The van der Waals surface area contributed by atoms with Gasteiger partial charge in [0.2, 0.25) is 7.37 Å². The highest BCUT2D eigenvalue weighted by Gasteiger charge is 2.35. The molecule has 4 nitrogen and oxygen atoms in total. The lowest BCUT2D eigenvalue weighted by Gasteiger charge is -2.26. The maximum Gasteiger partial charge on any atom is 0.228 e. The second-order valence-electron chi connectivity index (χ2n) is 4.64. The van der Waals surface area contributed by atoms with Gasteiger partial charge in [-0.1, -0.05) is 37.1 Å². The Morgan fingerprint density at radius 3 is 2.42 bits per heavy atom. The number of nitrogens with two attached hydrogens (primary N) is 1. The van der Waals surface area contributed by atoms with Gasteiger partial charge in [-0.15, -0.1) is 0 Å². The lowest BCUT2D eigenvalue weighted by molar-refractivity contribution is 0.201. The third-order valence-corrected chi connectivity index (χ3v) is 5.55. The van der Waals surface area contributed by atoms with E-state index in [2.05, 4.69) is 0 Å². The van der Waals surface area contributed by atoms with Crippen LogP contribution in [0.5, 0.6) is 0 Å². The van der Waals surface area contributed by atoms with Gasteiger partial charge in [0.25, 0.3) is 0 Å². The number of benzene rings is 1. The Morgan fingerprint density at radius 1 is 1.37 bits per heavy atom. The summed E-state index contributed by atoms with van der Waals surface area (Å²) in [5.74, 6) is -1.88. The maximum atomic E-state index is 12.1. The Morgan fingerprint density at radius 2 is 1.95 bits per heavy atom. The summed E-state index contributed by atoms with van der Waals surface area (Å²) in [6.07, 6.45) is 1.54. The molecule has 3 atom stereocenters. The van der Waals surface area contributed by atoms with Gasteiger partial charge < -0.3 is 15.7 Å². The van der Waals surface area contributed by atoms with Crippen LogP contribution in [0.4, 0.5) is 0 Å². The Balaban J connectivity index is 2.90. The lowest BCUT2D eigenvalue weighted by atomic mass is 10.0. The van der Waals surface area contributed by atoms with Gasteiger partial charge in [0.1, 0.15) is 5.85 Å². The fourth-order valence-electron chi connectivity index (χ4n) is 1.94. The normalized spacial score (nSPS) is 17.7. The Hall–Kier alpha value is -0.380. The van der Waals surface area contributed by atoms with Gasteiger partial charge in [-0.2, -0.15) is 0 Å². The molecule has 1 rings (SSSR count). The van der Waals surface area contributed by atoms with E-state index >= 15 is 0 Å². The van der Waals surface area contributed by atoms with E-state index in [4.69, 9.17) is 17.3 Å². The monoisotopic (exact) mass is 305 g/mol. The highest BCUT2D eigenvalue weighted by Crippen LogP contribution is 2.50. The van der Waals surface area contributed by atoms with Gasteiger partial charge >= 0.3 is 0 Å². The molecule has 0 aromatic heterocycles. The molecule has 0 heterocycles. The summed E-state index contributed by atoms with van der Waals surface area (Å²) < 4.78 is 12.1. The molecule has 19 heavy (non-hydrogen) atoms. The fourth-order valence-corrected chi connectivity index (χ4v) is 3.95. The van der Waals surface area contributed by atoms with Crippen molar-refractivity contribution in [2.24, 2.45) is 5.73 Å². The molecule has 0 aliphatic heterocycles. The molecular formula is C13H21ClNO3P. The van der Waals surface area contributed by atoms with Crippen molar-refractivity contribution >= 4 is 19.0 Å². The van der Waals surface area contributed by atoms with E-state index in [-0.39, 0.29) is 12.7 Å². The third kappa shape index (κ3) is 4.59. The molecule has 0 saturated carbocycles. The van der Waals surface area contributed by atoms with Crippen molar-refractivity contribution in [1.82, 2.24) is 0 Å². The van der Waals surface area contributed by atoms with Gasteiger partial charge in [-0.05, 0) is 24.1 Å². The second-order valence-corrected chi connectivity index (χ2v) is 7.56. The highest BCUT2D eigenvalue weighted by atomic mass is 35.5. The van der Waals surface area contributed by atoms with E-state index in [1.54, 1.807) is 24.3 Å². The van der Waals surface area contributed by atoms with Crippen molar-refractivity contribution < 1.29 is 14.6 Å². The first kappa shape index (κ1) is 16.7. The number of unbranched alkanes of at least 4 members (excludes halogenated alkanes) is 1. The number of rotatable bonds is 7. The molecule has 0 saturated heterocycles. The van der Waals surface area contributed by atoms with Crippen LogP contribution in [0.1, 0.15) is 31.2 Å². The first-order valence-corrected chi connectivity index (χ1v) is 8.66. The molecule has 0 aliphatic rings. The van der Waals surface area contributed by atoms with Crippen LogP contribution in [0.15, 0.2) is 24.3 Å². The van der Waals surface area contributed by atoms with Gasteiger partial charge in [-0.3, -0.25) is 4.57 Å². The van der Waals surface area contributed by atoms with Crippen LogP contribution in [0.25, 0.3) is 0 Å². The van der Waals surface area contributed by atoms with Crippen LogP contribution in [-0.2, 0) is 4.57 Å². The van der Waals surface area contributed by atoms with Crippen molar-refractivity contribution in [3.05, 3.63) is 34.9 Å². The first-order chi connectivity index (χ1) is 8.92. The molecule has 0 fully saturated rings. The van der Waals surface area contributed by atoms with E-state index in [1.807, 2.05) is 6.92 Å². The average Bonchev–Trinajstić information content (AvgIpc) is 2.39. The second kappa shape index (κ2) is 7.41. The molecule has 0 radical (unpaired) electrons. The molecule has 108 valence electrons. The van der Waals surface area contributed by atoms with Crippen LogP contribution < -0.4 is 5.73 Å². The smallest absolute Gasteiger partial charge is 0.228 e. The van der Waals surface area contributed by atoms with Crippen LogP contribution >= 0.6 is 19.0 Å². The highest BCUT2D eigenvalue weighted by molar-refractivity contribution is 7.58. The molecule has 0 bridgehead atoms. The van der Waals surface area contributed by atoms with Crippen LogP contribution in [0, 0.1) is 0 Å². The van der Waals surface area contributed by atoms with E-state index in [0.29, 0.717) is 11.4 Å². The number of hydrogen-bond donors (Lipinski definition) is 3. The molecule has 4 N–H and O–H groups in total. The van der Waals surface area contributed by atoms with Crippen molar-refractivity contribution in [2.45, 2.75) is 31.5 Å². The summed E-state index contributed by atoms with van der Waals surface area (Å²) in [5, 5.41) is 10.7. The van der Waals surface area contributed by atoms with E-state index in [1.165, 1.54) is 0 Å². The summed E-state index contributed by atoms with van der Waals surface area (Å²) in [6, 6.07) is 6.81. The Kier molecular flexibility index (Phi) is 6.51. The zero-order chi connectivity index (χ0) is 14.5. The standard InChI is InChI=1S/C13H21ClNO3P/c1-2-3-8-19(17,18)13(16)12(9-15)10-4-6-11(14)7-5-10/h4-7,12-13,16H,2-3,8-9,15H2,1H3,(H,17,18). The number of aliphatic hydroxyl groups is 1. The van der Waals surface area contributed by atoms with Gasteiger partial charge in [0, 0.05) is 23.6 Å². The summed E-state index contributed by atoms with van der Waals surface area (Å²) in [4.78, 5) is 9.96. The van der Waals surface area contributed by atoms with Crippen molar-refractivity contribution in [1.29, 1.82) is 0 Å². The van der Waals surface area contributed by atoms with Crippen molar-refractivity contribution in [3.8, 4) is 0 Å². The first-order valence-electron chi connectivity index (χ1n) is 6.37. The van der Waals surface area contributed by atoms with Gasteiger partial charge in [0.15, 0.2) is 0 Å². The summed E-state index contributed by atoms with van der Waals surface area (Å²) in [6.45, 7) is 2.05. The molecule has 3 unspecified atom stereocenters. The van der Waals surface area contributed by atoms with Crippen LogP contribution in [0.2, 0.25) is 5.02 Å². The molecular weight excluding hydrogens is 285 g/mol. The number of halogens is 1. The Bertz CT molecular complexity index is 438. The van der Waals surface area contributed by atoms with Crippen LogP contribution in [0.3, 0.4) is 0 Å². The van der Waals surface area contributed by atoms with Gasteiger partial charge in [-0.25, -0.2) is 0 Å². The average molecular weight is 306 g/mol. The predicted octanol–water partition coefficient (Wildman–Crippen LogP) is 2.77. The SMILES string of the molecule is CCCCP(=O)(O)C(O)C(CN)c1ccc(Cl)cc1. The van der Waals surface area contributed by atoms with E-state index < -0.39 is 19.1 Å². The molecule has 6 heteroatoms. The summed E-state index contributed by atoms with van der Waals surface area (Å²) >= 11 is 5.80. The van der Waals surface area contributed by atoms with Crippen molar-refractivity contribution in [2.75, 3.05) is 12.7 Å². The fraction of sp³-hybridized carbons (Fsp3) is 0.538. The van der Waals surface area contributed by atoms with Crippen molar-refractivity contribution in [3.63, 3.8) is 0 Å². The topological polar surface area (TPSA) is 83.5 Å². The molecule has 1 aromatic carbocycles. The minimum Gasteiger partial charge on any atom is -0.382 e. The maximum absolute atomic E-state index is 12.1. The quantitative estimate of drug-likeness (QED) is 0.676. The minimum atomic E-state index is -3.61. The predicted molar refractivity (Wildman–Crippen MR) is 78.9 cm³/mol. The van der Waals surface area contributed by atoms with Gasteiger partial charge in [0.05, 0.1) is 0 Å². The third-order valence-electron chi connectivity index (χ3n) is 3.16. The van der Waals surface area contributed by atoms with Crippen LogP contribution in [-0.4, -0.2) is 28.6 Å². The molecule has 1 aromatic rings. The molecule has 0 spiro atoms. The zero-order valence-electron chi connectivity index (χ0n) is 11.0. The minimum absolute atomic E-state index is 0.111. The van der Waals surface area contributed by atoms with E-state index in [0.717, 1.165) is 12.0 Å². The van der Waals surface area contributed by atoms with E-state index in [9.17, 15) is 14.6 Å². The lowest BCUT2D eigenvalue weighted by Crippen LogP contribution is -2.26. The largest absolute Gasteiger partial charge is 0.382 e.